The predicted octanol–water partition coefficient (Wildman–Crippen LogP) is 1.98. The van der Waals surface area contributed by atoms with E-state index in [2.05, 4.69) is 20.9 Å². The van der Waals surface area contributed by atoms with Crippen molar-refractivity contribution in [3.8, 4) is 0 Å². The van der Waals surface area contributed by atoms with E-state index in [0.717, 1.165) is 0 Å². The van der Waals surface area contributed by atoms with E-state index >= 15 is 0 Å². The number of carbonyl (C=O) groups excluding carboxylic acids is 1. The van der Waals surface area contributed by atoms with Gasteiger partial charge in [0.2, 0.25) is 5.91 Å². The lowest BCUT2D eigenvalue weighted by Gasteiger charge is -2.20. The quantitative estimate of drug-likeness (QED) is 0.548. The number of nitrogens with zero attached hydrogens (tertiary/aromatic N) is 1. The van der Waals surface area contributed by atoms with Gasteiger partial charge >= 0.3 is 0 Å². The van der Waals surface area contributed by atoms with Crippen molar-refractivity contribution in [1.82, 2.24) is 16.0 Å². The van der Waals surface area contributed by atoms with Crippen LogP contribution < -0.4 is 16.0 Å². The van der Waals surface area contributed by atoms with Gasteiger partial charge < -0.3 is 16.0 Å². The fourth-order valence-electron chi connectivity index (χ4n) is 2.03. The number of carbonyl (C=O) groups is 1. The highest BCUT2D eigenvalue weighted by Crippen LogP contribution is 2.11. The van der Waals surface area contributed by atoms with Crippen molar-refractivity contribution in [3.05, 3.63) is 35.4 Å². The van der Waals surface area contributed by atoms with Gasteiger partial charge in [0.15, 0.2) is 5.96 Å². The van der Waals surface area contributed by atoms with E-state index < -0.39 is 11.6 Å². The summed E-state index contributed by atoms with van der Waals surface area (Å²) in [7, 11) is 0. The summed E-state index contributed by atoms with van der Waals surface area (Å²) in [5, 5.41) is 8.77. The van der Waals surface area contributed by atoms with Crippen molar-refractivity contribution in [2.24, 2.45) is 4.99 Å². The monoisotopic (exact) mass is 340 g/mol. The van der Waals surface area contributed by atoms with Gasteiger partial charge in [0.1, 0.15) is 18.2 Å². The molecule has 0 bridgehead atoms. The van der Waals surface area contributed by atoms with E-state index in [9.17, 15) is 13.6 Å². The molecular weight excluding hydrogens is 314 g/mol. The summed E-state index contributed by atoms with van der Waals surface area (Å²) in [6.45, 7) is 8.44. The van der Waals surface area contributed by atoms with Crippen LogP contribution in [0.1, 0.15) is 33.3 Å². The Labute approximate surface area is 141 Å². The Balaban J connectivity index is 2.57. The van der Waals surface area contributed by atoms with Crippen LogP contribution >= 0.6 is 0 Å². The van der Waals surface area contributed by atoms with Crippen LogP contribution in [0.15, 0.2) is 23.2 Å². The van der Waals surface area contributed by atoms with Gasteiger partial charge in [-0.25, -0.2) is 13.8 Å². The van der Waals surface area contributed by atoms with Crippen LogP contribution in [0.4, 0.5) is 8.78 Å². The van der Waals surface area contributed by atoms with E-state index in [-0.39, 0.29) is 30.0 Å². The second-order valence-electron chi connectivity index (χ2n) is 6.37. The summed E-state index contributed by atoms with van der Waals surface area (Å²) in [4.78, 5) is 15.9. The first-order valence-electron chi connectivity index (χ1n) is 7.99. The summed E-state index contributed by atoms with van der Waals surface area (Å²) >= 11 is 0. The number of nitrogens with one attached hydrogen (secondary N) is 3. The van der Waals surface area contributed by atoms with Gasteiger partial charge in [-0.1, -0.05) is 6.07 Å². The molecule has 1 amide bonds. The summed E-state index contributed by atoms with van der Waals surface area (Å²) in [6, 6.07) is 3.80. The van der Waals surface area contributed by atoms with Crippen LogP contribution in [0.5, 0.6) is 0 Å². The average molecular weight is 340 g/mol. The molecule has 1 rings (SSSR count). The molecule has 0 radical (unpaired) electrons. The summed E-state index contributed by atoms with van der Waals surface area (Å²) in [6.07, 6.45) is 0.178. The van der Waals surface area contributed by atoms with Gasteiger partial charge in [0, 0.05) is 24.2 Å². The lowest BCUT2D eigenvalue weighted by atomic mass is 10.1. The van der Waals surface area contributed by atoms with Crippen LogP contribution in [0.25, 0.3) is 0 Å². The van der Waals surface area contributed by atoms with E-state index in [4.69, 9.17) is 0 Å². The van der Waals surface area contributed by atoms with Crippen molar-refractivity contribution in [2.75, 3.05) is 19.6 Å². The fourth-order valence-corrected chi connectivity index (χ4v) is 2.03. The van der Waals surface area contributed by atoms with Gasteiger partial charge in [0.05, 0.1) is 0 Å². The Morgan fingerprint density at radius 2 is 1.79 bits per heavy atom. The van der Waals surface area contributed by atoms with E-state index in [1.54, 1.807) is 0 Å². The van der Waals surface area contributed by atoms with Crippen LogP contribution in [0.2, 0.25) is 0 Å². The van der Waals surface area contributed by atoms with E-state index in [1.807, 2.05) is 27.7 Å². The van der Waals surface area contributed by atoms with Gasteiger partial charge in [-0.2, -0.15) is 0 Å². The minimum Gasteiger partial charge on any atom is -0.357 e. The molecule has 0 unspecified atom stereocenters. The number of rotatable bonds is 6. The first-order chi connectivity index (χ1) is 11.2. The number of amides is 1. The number of hydrogen-bond acceptors (Lipinski definition) is 2. The number of hydrogen-bond donors (Lipinski definition) is 3. The highest BCUT2D eigenvalue weighted by molar-refractivity contribution is 5.85. The smallest absolute Gasteiger partial charge is 0.242 e. The number of guanidine groups is 1. The molecular formula is C17H26F2N4O. The van der Waals surface area contributed by atoms with Gasteiger partial charge in [-0.15, -0.1) is 0 Å². The van der Waals surface area contributed by atoms with Crippen LogP contribution in [0, 0.1) is 11.6 Å². The van der Waals surface area contributed by atoms with Crippen LogP contribution in [0.3, 0.4) is 0 Å². The molecule has 0 aromatic heterocycles. The Morgan fingerprint density at radius 3 is 2.33 bits per heavy atom. The molecule has 0 aliphatic heterocycles. The van der Waals surface area contributed by atoms with Crippen molar-refractivity contribution in [2.45, 2.75) is 39.7 Å². The number of benzene rings is 1. The Morgan fingerprint density at radius 1 is 1.17 bits per heavy atom. The van der Waals surface area contributed by atoms with Crippen molar-refractivity contribution < 1.29 is 13.6 Å². The molecule has 0 atom stereocenters. The summed E-state index contributed by atoms with van der Waals surface area (Å²) in [5.41, 5.74) is -0.285. The van der Waals surface area contributed by atoms with E-state index in [1.165, 1.54) is 18.2 Å². The molecule has 1 aromatic carbocycles. The summed E-state index contributed by atoms with van der Waals surface area (Å²) in [5.74, 6) is -0.898. The maximum absolute atomic E-state index is 13.6. The number of aliphatic imine (C=N–C) groups is 1. The standard InChI is InChI=1S/C17H26F2N4O/c1-5-20-16(22-11-15(24)23-17(2,3)4)21-10-9-12-13(18)7-6-8-14(12)19/h6-8H,5,9-11H2,1-4H3,(H,23,24)(H2,20,21,22). The van der Waals surface area contributed by atoms with Crippen molar-refractivity contribution in [1.29, 1.82) is 0 Å². The van der Waals surface area contributed by atoms with Crippen molar-refractivity contribution in [3.63, 3.8) is 0 Å². The third-order valence-electron chi connectivity index (χ3n) is 2.97. The largest absolute Gasteiger partial charge is 0.357 e. The highest BCUT2D eigenvalue weighted by atomic mass is 19.1. The van der Waals surface area contributed by atoms with Gasteiger partial charge in [-0.3, -0.25) is 4.79 Å². The molecule has 0 aliphatic rings. The highest BCUT2D eigenvalue weighted by Gasteiger charge is 2.13. The molecule has 5 nitrogen and oxygen atoms in total. The molecule has 0 saturated carbocycles. The maximum Gasteiger partial charge on any atom is 0.242 e. The first kappa shape index (κ1) is 19.9. The zero-order valence-electron chi connectivity index (χ0n) is 14.7. The minimum absolute atomic E-state index is 0.0271. The zero-order chi connectivity index (χ0) is 18.2. The molecule has 0 heterocycles. The molecule has 134 valence electrons. The Kier molecular flexibility index (Phi) is 7.61. The zero-order valence-corrected chi connectivity index (χ0v) is 14.7. The molecule has 1 aromatic rings. The van der Waals surface area contributed by atoms with E-state index in [0.29, 0.717) is 19.0 Å². The van der Waals surface area contributed by atoms with Gasteiger partial charge in [-0.05, 0) is 46.2 Å². The molecule has 24 heavy (non-hydrogen) atoms. The summed E-state index contributed by atoms with van der Waals surface area (Å²) < 4.78 is 27.1. The second-order valence-corrected chi connectivity index (χ2v) is 6.37. The lowest BCUT2D eigenvalue weighted by molar-refractivity contribution is -0.121. The predicted molar refractivity (Wildman–Crippen MR) is 91.9 cm³/mol. The second kappa shape index (κ2) is 9.20. The first-order valence-corrected chi connectivity index (χ1v) is 7.99. The Hall–Kier alpha value is -2.18. The third-order valence-corrected chi connectivity index (χ3v) is 2.97. The topological polar surface area (TPSA) is 65.5 Å². The normalized spacial score (nSPS) is 12.0. The van der Waals surface area contributed by atoms with Crippen LogP contribution in [-0.2, 0) is 11.2 Å². The minimum atomic E-state index is -0.566. The molecule has 0 aliphatic carbocycles. The van der Waals surface area contributed by atoms with Crippen LogP contribution in [-0.4, -0.2) is 37.0 Å². The van der Waals surface area contributed by atoms with Gasteiger partial charge in [0.25, 0.3) is 0 Å². The van der Waals surface area contributed by atoms with Crippen molar-refractivity contribution >= 4 is 11.9 Å². The molecule has 3 N–H and O–H groups in total. The fraction of sp³-hybridized carbons (Fsp3) is 0.529. The lowest BCUT2D eigenvalue weighted by Crippen LogP contribution is -2.43. The Bertz CT molecular complexity index is 562. The molecule has 0 fully saturated rings. The third kappa shape index (κ3) is 7.39. The average Bonchev–Trinajstić information content (AvgIpc) is 2.46. The molecule has 0 saturated heterocycles. The molecule has 0 spiro atoms. The SMILES string of the molecule is CCNC(=NCC(=O)NC(C)(C)C)NCCc1c(F)cccc1F. The number of halogens is 2. The molecule has 7 heteroatoms. The maximum atomic E-state index is 13.6.